The Morgan fingerprint density at radius 2 is 2.23 bits per heavy atom. The fraction of sp³-hybridized carbons (Fsp3) is 0.222. The molecule has 0 unspecified atom stereocenters. The Balaban J connectivity index is 2.75. The van der Waals surface area contributed by atoms with Crippen molar-refractivity contribution in [3.05, 3.63) is 18.2 Å². The first kappa shape index (κ1) is 7.91. The average molecular weight is 177 g/mol. The summed E-state index contributed by atoms with van der Waals surface area (Å²) in [7, 11) is 3.52. The van der Waals surface area contributed by atoms with Gasteiger partial charge in [-0.25, -0.2) is 4.98 Å². The van der Waals surface area contributed by atoms with Gasteiger partial charge in [0.25, 0.3) is 0 Å². The standard InChI is InChI=1S/C9H11N3O/c1-12-8-5-6(13-2)3-4-7(8)11-9(12)10/h3-5H,1-2H3,(H2,10,11). The lowest BCUT2D eigenvalue weighted by molar-refractivity contribution is 0.415. The molecule has 0 aliphatic carbocycles. The lowest BCUT2D eigenvalue weighted by atomic mass is 10.3. The number of aryl methyl sites for hydroxylation is 1. The van der Waals surface area contributed by atoms with E-state index in [9.17, 15) is 0 Å². The van der Waals surface area contributed by atoms with Gasteiger partial charge >= 0.3 is 0 Å². The van der Waals surface area contributed by atoms with Crippen LogP contribution < -0.4 is 10.5 Å². The van der Waals surface area contributed by atoms with Gasteiger partial charge in [0.1, 0.15) is 5.75 Å². The van der Waals surface area contributed by atoms with Gasteiger partial charge in [-0.2, -0.15) is 0 Å². The molecule has 1 heterocycles. The van der Waals surface area contributed by atoms with Crippen LogP contribution in [0.15, 0.2) is 18.2 Å². The van der Waals surface area contributed by atoms with Crippen molar-refractivity contribution in [3.63, 3.8) is 0 Å². The van der Waals surface area contributed by atoms with Gasteiger partial charge in [0, 0.05) is 13.1 Å². The maximum absolute atomic E-state index is 5.66. The molecule has 13 heavy (non-hydrogen) atoms. The molecule has 0 saturated carbocycles. The van der Waals surface area contributed by atoms with E-state index in [-0.39, 0.29) is 0 Å². The quantitative estimate of drug-likeness (QED) is 0.711. The van der Waals surface area contributed by atoms with Crippen LogP contribution in [-0.2, 0) is 7.05 Å². The molecular weight excluding hydrogens is 166 g/mol. The number of nitrogens with two attached hydrogens (primary N) is 1. The van der Waals surface area contributed by atoms with Crippen LogP contribution in [0.3, 0.4) is 0 Å². The fourth-order valence-electron chi connectivity index (χ4n) is 1.32. The molecule has 0 bridgehead atoms. The summed E-state index contributed by atoms with van der Waals surface area (Å²) in [6.45, 7) is 0. The van der Waals surface area contributed by atoms with E-state index in [2.05, 4.69) is 4.98 Å². The molecule has 2 N–H and O–H groups in total. The third kappa shape index (κ3) is 1.11. The van der Waals surface area contributed by atoms with Gasteiger partial charge in [-0.05, 0) is 12.1 Å². The molecule has 2 rings (SSSR count). The minimum Gasteiger partial charge on any atom is -0.497 e. The van der Waals surface area contributed by atoms with Gasteiger partial charge in [0.05, 0.1) is 18.1 Å². The number of nitrogen functional groups attached to an aromatic ring is 1. The monoisotopic (exact) mass is 177 g/mol. The summed E-state index contributed by atoms with van der Waals surface area (Å²) in [6.07, 6.45) is 0. The number of anilines is 1. The smallest absolute Gasteiger partial charge is 0.200 e. The Labute approximate surface area is 75.9 Å². The van der Waals surface area contributed by atoms with E-state index >= 15 is 0 Å². The van der Waals surface area contributed by atoms with Crippen LogP contribution in [-0.4, -0.2) is 16.7 Å². The zero-order valence-corrected chi connectivity index (χ0v) is 7.61. The van der Waals surface area contributed by atoms with Crippen LogP contribution in [0.5, 0.6) is 5.75 Å². The van der Waals surface area contributed by atoms with Crippen LogP contribution in [0.25, 0.3) is 11.0 Å². The summed E-state index contributed by atoms with van der Waals surface area (Å²) in [5.74, 6) is 1.33. The van der Waals surface area contributed by atoms with Crippen LogP contribution in [0, 0.1) is 0 Å². The minimum absolute atomic E-state index is 0.517. The summed E-state index contributed by atoms with van der Waals surface area (Å²) in [6, 6.07) is 5.68. The van der Waals surface area contributed by atoms with Crippen LogP contribution in [0.4, 0.5) is 5.95 Å². The SMILES string of the molecule is COc1ccc2nc(N)n(C)c2c1. The first-order chi connectivity index (χ1) is 6.22. The number of hydrogen-bond acceptors (Lipinski definition) is 3. The number of imidazole rings is 1. The predicted molar refractivity (Wildman–Crippen MR) is 51.7 cm³/mol. The van der Waals surface area contributed by atoms with Gasteiger partial charge in [0.15, 0.2) is 0 Å². The number of fused-ring (bicyclic) bond motifs is 1. The molecule has 0 radical (unpaired) electrons. The fourth-order valence-corrected chi connectivity index (χ4v) is 1.32. The predicted octanol–water partition coefficient (Wildman–Crippen LogP) is 1.16. The highest BCUT2D eigenvalue weighted by molar-refractivity contribution is 5.79. The van der Waals surface area contributed by atoms with E-state index in [1.807, 2.05) is 29.8 Å². The third-order valence-electron chi connectivity index (χ3n) is 2.12. The second-order valence-corrected chi connectivity index (χ2v) is 2.88. The number of methoxy groups -OCH3 is 1. The van der Waals surface area contributed by atoms with Crippen molar-refractivity contribution in [3.8, 4) is 5.75 Å². The number of benzene rings is 1. The van der Waals surface area contributed by atoms with Gasteiger partial charge < -0.3 is 15.0 Å². The highest BCUT2D eigenvalue weighted by Crippen LogP contribution is 2.21. The summed E-state index contributed by atoms with van der Waals surface area (Å²) in [5.41, 5.74) is 7.53. The Morgan fingerprint density at radius 1 is 1.46 bits per heavy atom. The van der Waals surface area contributed by atoms with Crippen molar-refractivity contribution in [2.45, 2.75) is 0 Å². The molecule has 1 aromatic carbocycles. The lowest BCUT2D eigenvalue weighted by Gasteiger charge is -1.99. The Kier molecular flexibility index (Phi) is 1.62. The lowest BCUT2D eigenvalue weighted by Crippen LogP contribution is -1.96. The van der Waals surface area contributed by atoms with E-state index in [0.29, 0.717) is 5.95 Å². The Morgan fingerprint density at radius 3 is 2.92 bits per heavy atom. The van der Waals surface area contributed by atoms with E-state index < -0.39 is 0 Å². The van der Waals surface area contributed by atoms with Gasteiger partial charge in [-0.15, -0.1) is 0 Å². The first-order valence-electron chi connectivity index (χ1n) is 3.98. The van der Waals surface area contributed by atoms with E-state index in [4.69, 9.17) is 10.5 Å². The maximum Gasteiger partial charge on any atom is 0.200 e. The number of rotatable bonds is 1. The molecule has 0 saturated heterocycles. The van der Waals surface area contributed by atoms with Crippen molar-refractivity contribution in [1.29, 1.82) is 0 Å². The van der Waals surface area contributed by atoms with Crippen molar-refractivity contribution >= 4 is 17.0 Å². The molecular formula is C9H11N3O. The average Bonchev–Trinajstić information content (AvgIpc) is 2.43. The summed E-state index contributed by atoms with van der Waals surface area (Å²) < 4.78 is 6.94. The highest BCUT2D eigenvalue weighted by Gasteiger charge is 2.04. The molecule has 68 valence electrons. The van der Waals surface area contributed by atoms with Crippen molar-refractivity contribution in [1.82, 2.24) is 9.55 Å². The van der Waals surface area contributed by atoms with E-state index in [0.717, 1.165) is 16.8 Å². The number of hydrogen-bond donors (Lipinski definition) is 1. The van der Waals surface area contributed by atoms with Gasteiger partial charge in [0.2, 0.25) is 5.95 Å². The normalized spacial score (nSPS) is 10.6. The molecule has 4 heteroatoms. The maximum atomic E-state index is 5.66. The molecule has 2 aromatic rings. The highest BCUT2D eigenvalue weighted by atomic mass is 16.5. The molecule has 0 aliphatic heterocycles. The molecule has 0 amide bonds. The van der Waals surface area contributed by atoms with Crippen molar-refractivity contribution < 1.29 is 4.74 Å². The number of ether oxygens (including phenoxy) is 1. The minimum atomic E-state index is 0.517. The van der Waals surface area contributed by atoms with Crippen molar-refractivity contribution in [2.24, 2.45) is 7.05 Å². The summed E-state index contributed by atoms with van der Waals surface area (Å²) in [4.78, 5) is 4.17. The molecule has 1 aromatic heterocycles. The largest absolute Gasteiger partial charge is 0.497 e. The molecule has 0 atom stereocenters. The first-order valence-corrected chi connectivity index (χ1v) is 3.98. The zero-order valence-electron chi connectivity index (χ0n) is 7.61. The van der Waals surface area contributed by atoms with E-state index in [1.165, 1.54) is 0 Å². The summed E-state index contributed by atoms with van der Waals surface area (Å²) >= 11 is 0. The van der Waals surface area contributed by atoms with Crippen LogP contribution >= 0.6 is 0 Å². The molecule has 0 aliphatic rings. The Bertz CT molecular complexity index is 447. The third-order valence-corrected chi connectivity index (χ3v) is 2.12. The topological polar surface area (TPSA) is 53.1 Å². The van der Waals surface area contributed by atoms with Gasteiger partial charge in [-0.1, -0.05) is 0 Å². The number of nitrogens with zero attached hydrogens (tertiary/aromatic N) is 2. The summed E-state index contributed by atoms with van der Waals surface area (Å²) in [5, 5.41) is 0. The zero-order chi connectivity index (χ0) is 9.42. The van der Waals surface area contributed by atoms with E-state index in [1.54, 1.807) is 7.11 Å². The molecule has 4 nitrogen and oxygen atoms in total. The van der Waals surface area contributed by atoms with Crippen LogP contribution in [0.2, 0.25) is 0 Å². The van der Waals surface area contributed by atoms with Crippen LogP contribution in [0.1, 0.15) is 0 Å². The second-order valence-electron chi connectivity index (χ2n) is 2.88. The molecule has 0 spiro atoms. The van der Waals surface area contributed by atoms with Gasteiger partial charge in [-0.3, -0.25) is 0 Å². The molecule has 0 fully saturated rings. The Hall–Kier alpha value is -1.71. The van der Waals surface area contributed by atoms with Crippen molar-refractivity contribution in [2.75, 3.05) is 12.8 Å². The number of aromatic nitrogens is 2. The second kappa shape index (κ2) is 2.65.